The zero-order valence-corrected chi connectivity index (χ0v) is 16.1. The van der Waals surface area contributed by atoms with Crippen molar-refractivity contribution < 1.29 is 0 Å². The third-order valence-corrected chi connectivity index (χ3v) is 5.42. The highest BCUT2D eigenvalue weighted by molar-refractivity contribution is 5.82. The highest BCUT2D eigenvalue weighted by Crippen LogP contribution is 2.35. The molecular formula is C24H30N2. The van der Waals surface area contributed by atoms with Gasteiger partial charge in [0, 0.05) is 0 Å². The molecule has 0 amide bonds. The molecule has 0 saturated heterocycles. The molecule has 2 aromatic carbocycles. The second kappa shape index (κ2) is 9.47. The molecule has 3 rings (SSSR count). The quantitative estimate of drug-likeness (QED) is 0.428. The van der Waals surface area contributed by atoms with Crippen LogP contribution in [0.3, 0.4) is 0 Å². The topological polar surface area (TPSA) is 24.7 Å². The number of hydrogen-bond donors (Lipinski definition) is 0. The first-order valence-corrected chi connectivity index (χ1v) is 10.00. The summed E-state index contributed by atoms with van der Waals surface area (Å²) in [7, 11) is 0. The van der Waals surface area contributed by atoms with Crippen molar-refractivity contribution >= 4 is 12.4 Å². The first-order valence-electron chi connectivity index (χ1n) is 10.00. The van der Waals surface area contributed by atoms with Crippen LogP contribution in [-0.2, 0) is 6.42 Å². The Bertz CT molecular complexity index is 718. The molecule has 0 aromatic heterocycles. The molecule has 26 heavy (non-hydrogen) atoms. The van der Waals surface area contributed by atoms with E-state index in [2.05, 4.69) is 72.6 Å². The third-order valence-electron chi connectivity index (χ3n) is 5.42. The smallest absolute Gasteiger partial charge is 0.0568 e. The van der Waals surface area contributed by atoms with Crippen LogP contribution in [0.5, 0.6) is 0 Å². The molecule has 1 aliphatic carbocycles. The van der Waals surface area contributed by atoms with Gasteiger partial charge in [0.1, 0.15) is 0 Å². The van der Waals surface area contributed by atoms with Gasteiger partial charge in [-0.15, -0.1) is 0 Å². The Morgan fingerprint density at radius 3 is 1.88 bits per heavy atom. The SMILES string of the molecule is CCCc1ccc(C=NN=Cc2ccc([C@H]3CC[C@H](C)CC3)cc2)cc1. The molecule has 0 unspecified atom stereocenters. The number of benzene rings is 2. The molecule has 2 heteroatoms. The van der Waals surface area contributed by atoms with Crippen molar-refractivity contribution in [3.05, 3.63) is 70.8 Å². The lowest BCUT2D eigenvalue weighted by Crippen LogP contribution is -2.10. The van der Waals surface area contributed by atoms with Crippen LogP contribution in [-0.4, -0.2) is 12.4 Å². The van der Waals surface area contributed by atoms with Crippen LogP contribution in [0.25, 0.3) is 0 Å². The Hall–Kier alpha value is -2.22. The molecule has 2 nitrogen and oxygen atoms in total. The normalized spacial score (nSPS) is 20.8. The molecule has 1 saturated carbocycles. The van der Waals surface area contributed by atoms with Crippen LogP contribution in [0.15, 0.2) is 58.7 Å². The first kappa shape index (κ1) is 18.6. The molecule has 0 radical (unpaired) electrons. The molecule has 0 aliphatic heterocycles. The van der Waals surface area contributed by atoms with Gasteiger partial charge in [-0.25, -0.2) is 0 Å². The summed E-state index contributed by atoms with van der Waals surface area (Å²) in [6.45, 7) is 4.57. The van der Waals surface area contributed by atoms with Crippen molar-refractivity contribution in [2.45, 2.75) is 58.3 Å². The standard InChI is InChI=1S/C24H30N2/c1-3-4-20-7-9-21(10-8-20)17-25-26-18-22-11-15-24(16-12-22)23-13-5-19(2)6-14-23/h7-12,15-19,23H,3-6,13-14H2,1-2H3/t19-,23-. The van der Waals surface area contributed by atoms with Gasteiger partial charge in [0.15, 0.2) is 0 Å². The maximum absolute atomic E-state index is 4.19. The maximum Gasteiger partial charge on any atom is 0.0568 e. The van der Waals surface area contributed by atoms with E-state index in [0.717, 1.165) is 29.4 Å². The second-order valence-electron chi connectivity index (χ2n) is 7.60. The fourth-order valence-corrected chi connectivity index (χ4v) is 3.71. The van der Waals surface area contributed by atoms with Gasteiger partial charge in [0.05, 0.1) is 12.4 Å². The van der Waals surface area contributed by atoms with E-state index in [0.29, 0.717) is 0 Å². The molecule has 1 aliphatic rings. The van der Waals surface area contributed by atoms with E-state index in [1.54, 1.807) is 0 Å². The second-order valence-corrected chi connectivity index (χ2v) is 7.60. The zero-order chi connectivity index (χ0) is 18.2. The van der Waals surface area contributed by atoms with Crippen molar-refractivity contribution in [2.75, 3.05) is 0 Å². The number of nitrogens with zero attached hydrogens (tertiary/aromatic N) is 2. The van der Waals surface area contributed by atoms with Crippen LogP contribution in [0, 0.1) is 5.92 Å². The Kier molecular flexibility index (Phi) is 6.76. The lowest BCUT2D eigenvalue weighted by molar-refractivity contribution is 0.348. The number of aryl methyl sites for hydroxylation is 1. The predicted octanol–water partition coefficient (Wildman–Crippen LogP) is 6.39. The molecule has 0 N–H and O–H groups in total. The highest BCUT2D eigenvalue weighted by atomic mass is 15.2. The maximum atomic E-state index is 4.19. The molecule has 0 atom stereocenters. The summed E-state index contributed by atoms with van der Waals surface area (Å²) in [5, 5.41) is 8.37. The monoisotopic (exact) mass is 346 g/mol. The average molecular weight is 347 g/mol. The molecule has 0 heterocycles. The summed E-state index contributed by atoms with van der Waals surface area (Å²) in [4.78, 5) is 0. The van der Waals surface area contributed by atoms with Gasteiger partial charge >= 0.3 is 0 Å². The van der Waals surface area contributed by atoms with Gasteiger partial charge in [0.2, 0.25) is 0 Å². The molecule has 2 aromatic rings. The minimum atomic E-state index is 0.742. The minimum Gasteiger partial charge on any atom is -0.159 e. The van der Waals surface area contributed by atoms with Crippen molar-refractivity contribution in [1.82, 2.24) is 0 Å². The fraction of sp³-hybridized carbons (Fsp3) is 0.417. The van der Waals surface area contributed by atoms with Gasteiger partial charge in [-0.3, -0.25) is 0 Å². The molecule has 1 fully saturated rings. The lowest BCUT2D eigenvalue weighted by Gasteiger charge is -2.26. The average Bonchev–Trinajstić information content (AvgIpc) is 2.68. The van der Waals surface area contributed by atoms with Crippen molar-refractivity contribution in [1.29, 1.82) is 0 Å². The van der Waals surface area contributed by atoms with Gasteiger partial charge in [-0.05, 0) is 53.4 Å². The molecule has 0 spiro atoms. The summed E-state index contributed by atoms with van der Waals surface area (Å²) < 4.78 is 0. The Labute approximate surface area is 158 Å². The van der Waals surface area contributed by atoms with E-state index >= 15 is 0 Å². The number of hydrogen-bond acceptors (Lipinski definition) is 2. The fourth-order valence-electron chi connectivity index (χ4n) is 3.71. The van der Waals surface area contributed by atoms with E-state index < -0.39 is 0 Å². The van der Waals surface area contributed by atoms with Crippen LogP contribution in [0.1, 0.15) is 74.1 Å². The third kappa shape index (κ3) is 5.39. The van der Waals surface area contributed by atoms with Gasteiger partial charge in [-0.2, -0.15) is 10.2 Å². The summed E-state index contributed by atoms with van der Waals surface area (Å²) in [5.74, 6) is 1.64. The van der Waals surface area contributed by atoms with Gasteiger partial charge in [-0.1, -0.05) is 81.6 Å². The predicted molar refractivity (Wildman–Crippen MR) is 112 cm³/mol. The first-order chi connectivity index (χ1) is 12.7. The Morgan fingerprint density at radius 2 is 1.35 bits per heavy atom. The zero-order valence-electron chi connectivity index (χ0n) is 16.1. The van der Waals surface area contributed by atoms with Crippen molar-refractivity contribution in [3.63, 3.8) is 0 Å². The molecule has 136 valence electrons. The van der Waals surface area contributed by atoms with E-state index in [1.807, 2.05) is 12.4 Å². The van der Waals surface area contributed by atoms with E-state index in [4.69, 9.17) is 0 Å². The van der Waals surface area contributed by atoms with Gasteiger partial charge in [0.25, 0.3) is 0 Å². The lowest BCUT2D eigenvalue weighted by atomic mass is 9.79. The summed E-state index contributed by atoms with van der Waals surface area (Å²) in [6, 6.07) is 17.4. The largest absolute Gasteiger partial charge is 0.159 e. The van der Waals surface area contributed by atoms with Gasteiger partial charge < -0.3 is 0 Å². The van der Waals surface area contributed by atoms with Crippen LogP contribution < -0.4 is 0 Å². The summed E-state index contributed by atoms with van der Waals surface area (Å²) >= 11 is 0. The Balaban J connectivity index is 1.53. The number of rotatable bonds is 6. The minimum absolute atomic E-state index is 0.742. The van der Waals surface area contributed by atoms with E-state index in [-0.39, 0.29) is 0 Å². The highest BCUT2D eigenvalue weighted by Gasteiger charge is 2.19. The molecule has 0 bridgehead atoms. The van der Waals surface area contributed by atoms with Crippen LogP contribution in [0.4, 0.5) is 0 Å². The van der Waals surface area contributed by atoms with Crippen molar-refractivity contribution in [2.24, 2.45) is 16.1 Å². The van der Waals surface area contributed by atoms with E-state index in [9.17, 15) is 0 Å². The van der Waals surface area contributed by atoms with Crippen molar-refractivity contribution in [3.8, 4) is 0 Å². The summed E-state index contributed by atoms with van der Waals surface area (Å²) in [5.41, 5.74) is 5.04. The van der Waals surface area contributed by atoms with Crippen LogP contribution >= 0.6 is 0 Å². The van der Waals surface area contributed by atoms with E-state index in [1.165, 1.54) is 43.2 Å². The summed E-state index contributed by atoms with van der Waals surface area (Å²) in [6.07, 6.45) is 11.3. The Morgan fingerprint density at radius 1 is 0.808 bits per heavy atom. The molecular weight excluding hydrogens is 316 g/mol. The van der Waals surface area contributed by atoms with Crippen LogP contribution in [0.2, 0.25) is 0 Å².